The third kappa shape index (κ3) is 3.11. The van der Waals surface area contributed by atoms with Crippen LogP contribution in [0.1, 0.15) is 30.3 Å². The molecular formula is C13H13ClF3N5O. The normalized spacial score (nSPS) is 17.2. The molecule has 124 valence electrons. The molecule has 2 aromatic rings. The number of aromatic nitrogens is 4. The lowest BCUT2D eigenvalue weighted by Crippen LogP contribution is -2.48. The van der Waals surface area contributed by atoms with Crippen molar-refractivity contribution in [2.45, 2.75) is 25.2 Å². The summed E-state index contributed by atoms with van der Waals surface area (Å²) in [6.07, 6.45) is -2.75. The molecule has 2 aromatic heterocycles. The lowest BCUT2D eigenvalue weighted by Gasteiger charge is -2.40. The van der Waals surface area contributed by atoms with Crippen molar-refractivity contribution >= 4 is 17.4 Å². The number of hydrogen-bond acceptors (Lipinski definition) is 5. The molecule has 0 aromatic carbocycles. The van der Waals surface area contributed by atoms with E-state index >= 15 is 0 Å². The van der Waals surface area contributed by atoms with E-state index in [1.807, 2.05) is 0 Å². The van der Waals surface area contributed by atoms with Crippen molar-refractivity contribution in [2.24, 2.45) is 0 Å². The smallest absolute Gasteiger partial charge is 0.387 e. The van der Waals surface area contributed by atoms with E-state index in [1.54, 1.807) is 22.7 Å². The number of pyridine rings is 1. The van der Waals surface area contributed by atoms with Crippen molar-refractivity contribution in [1.82, 2.24) is 20.0 Å². The first-order chi connectivity index (χ1) is 10.8. The van der Waals surface area contributed by atoms with Crippen LogP contribution in [-0.4, -0.2) is 38.2 Å². The van der Waals surface area contributed by atoms with Gasteiger partial charge in [-0.2, -0.15) is 13.2 Å². The molecule has 1 N–H and O–H groups in total. The number of aliphatic hydroxyl groups is 1. The number of halogens is 4. The highest BCUT2D eigenvalue weighted by Gasteiger charge is 2.35. The number of alkyl halides is 3. The van der Waals surface area contributed by atoms with Crippen molar-refractivity contribution < 1.29 is 18.3 Å². The van der Waals surface area contributed by atoms with Crippen LogP contribution >= 0.6 is 11.6 Å². The van der Waals surface area contributed by atoms with Gasteiger partial charge in [-0.3, -0.25) is 0 Å². The highest BCUT2D eigenvalue weighted by Crippen LogP contribution is 2.36. The molecule has 0 saturated carbocycles. The van der Waals surface area contributed by atoms with Crippen molar-refractivity contribution in [3.05, 3.63) is 34.7 Å². The third-order valence-corrected chi connectivity index (χ3v) is 3.92. The molecule has 1 saturated heterocycles. The molecule has 1 atom stereocenters. The average Bonchev–Trinajstić information content (AvgIpc) is 2.87. The predicted molar refractivity (Wildman–Crippen MR) is 76.2 cm³/mol. The number of nitrogens with zero attached hydrogens (tertiary/aromatic N) is 5. The van der Waals surface area contributed by atoms with E-state index in [0.717, 1.165) is 12.3 Å². The molecule has 1 fully saturated rings. The minimum Gasteiger partial charge on any atom is -0.387 e. The van der Waals surface area contributed by atoms with E-state index < -0.39 is 17.8 Å². The lowest BCUT2D eigenvalue weighted by atomic mass is 10.1. The van der Waals surface area contributed by atoms with Crippen molar-refractivity contribution in [1.29, 1.82) is 0 Å². The van der Waals surface area contributed by atoms with Crippen LogP contribution in [0.2, 0.25) is 5.02 Å². The van der Waals surface area contributed by atoms with Crippen LogP contribution in [0.4, 0.5) is 19.0 Å². The van der Waals surface area contributed by atoms with E-state index in [0.29, 0.717) is 24.6 Å². The van der Waals surface area contributed by atoms with Crippen molar-refractivity contribution in [2.75, 3.05) is 18.0 Å². The zero-order valence-corrected chi connectivity index (χ0v) is 12.8. The predicted octanol–water partition coefficient (Wildman–Crippen LogP) is 2.46. The van der Waals surface area contributed by atoms with Crippen LogP contribution in [0.15, 0.2) is 18.5 Å². The third-order valence-electron chi connectivity index (χ3n) is 3.64. The minimum absolute atomic E-state index is 0.00941. The maximum absolute atomic E-state index is 12.6. The fourth-order valence-corrected chi connectivity index (χ4v) is 2.56. The van der Waals surface area contributed by atoms with Crippen molar-refractivity contribution in [3.63, 3.8) is 0 Å². The summed E-state index contributed by atoms with van der Waals surface area (Å²) in [4.78, 5) is 5.58. The second-order valence-electron chi connectivity index (χ2n) is 5.39. The van der Waals surface area contributed by atoms with E-state index in [9.17, 15) is 18.3 Å². The van der Waals surface area contributed by atoms with Gasteiger partial charge in [0.25, 0.3) is 0 Å². The molecule has 0 unspecified atom stereocenters. The molecule has 1 aliphatic rings. The van der Waals surface area contributed by atoms with Crippen molar-refractivity contribution in [3.8, 4) is 0 Å². The summed E-state index contributed by atoms with van der Waals surface area (Å²) < 4.78 is 39.4. The van der Waals surface area contributed by atoms with Crippen LogP contribution < -0.4 is 4.90 Å². The van der Waals surface area contributed by atoms with Crippen LogP contribution in [0.3, 0.4) is 0 Å². The Morgan fingerprint density at radius 2 is 2.09 bits per heavy atom. The van der Waals surface area contributed by atoms with Gasteiger partial charge in [0.15, 0.2) is 0 Å². The van der Waals surface area contributed by atoms with Gasteiger partial charge in [-0.15, -0.1) is 5.10 Å². The Balaban J connectivity index is 1.69. The van der Waals surface area contributed by atoms with Crippen LogP contribution in [-0.2, 0) is 6.18 Å². The summed E-state index contributed by atoms with van der Waals surface area (Å²) in [5, 5.41) is 17.2. The highest BCUT2D eigenvalue weighted by atomic mass is 35.5. The molecule has 0 aliphatic carbocycles. The second-order valence-corrected chi connectivity index (χ2v) is 5.79. The number of hydrogen-bond donors (Lipinski definition) is 1. The number of aliphatic hydroxyl groups excluding tert-OH is 1. The van der Waals surface area contributed by atoms with E-state index in [1.165, 1.54) is 0 Å². The Labute approximate surface area is 134 Å². The van der Waals surface area contributed by atoms with Gasteiger partial charge in [-0.1, -0.05) is 16.8 Å². The molecule has 3 rings (SSSR count). The van der Waals surface area contributed by atoms with Gasteiger partial charge in [0.05, 0.1) is 28.9 Å². The van der Waals surface area contributed by atoms with Gasteiger partial charge in [0.2, 0.25) is 0 Å². The lowest BCUT2D eigenvalue weighted by molar-refractivity contribution is -0.137. The summed E-state index contributed by atoms with van der Waals surface area (Å²) in [6, 6.07) is 0.883. The first-order valence-corrected chi connectivity index (χ1v) is 7.21. The van der Waals surface area contributed by atoms with Crippen LogP contribution in [0, 0.1) is 0 Å². The van der Waals surface area contributed by atoms with Gasteiger partial charge >= 0.3 is 6.18 Å². The topological polar surface area (TPSA) is 67.1 Å². The molecular weight excluding hydrogens is 335 g/mol. The first-order valence-electron chi connectivity index (χ1n) is 6.83. The Kier molecular flexibility index (Phi) is 3.93. The molecule has 23 heavy (non-hydrogen) atoms. The molecule has 10 heteroatoms. The van der Waals surface area contributed by atoms with E-state index in [2.05, 4.69) is 15.3 Å². The molecule has 0 amide bonds. The van der Waals surface area contributed by atoms with E-state index in [-0.39, 0.29) is 11.1 Å². The summed E-state index contributed by atoms with van der Waals surface area (Å²) in [7, 11) is 0. The number of rotatable bonds is 3. The number of anilines is 1. The standard InChI is InChI=1S/C13H13ClF3N5O/c1-7(23)11-6-22(20-19-11)9-4-21(5-9)12-10(14)2-8(3-18-12)13(15,16)17/h2-3,6-7,9,23H,4-5H2,1H3/t7-/m0/s1. The molecule has 0 bridgehead atoms. The van der Waals surface area contributed by atoms with Gasteiger partial charge in [-0.25, -0.2) is 9.67 Å². The molecule has 0 spiro atoms. The van der Waals surface area contributed by atoms with Crippen LogP contribution in [0.25, 0.3) is 0 Å². The van der Waals surface area contributed by atoms with Crippen LogP contribution in [0.5, 0.6) is 0 Å². The zero-order chi connectivity index (χ0) is 16.8. The summed E-state index contributed by atoms with van der Waals surface area (Å²) in [5.74, 6) is 0.312. The Bertz CT molecular complexity index is 712. The van der Waals surface area contributed by atoms with Gasteiger partial charge in [-0.05, 0) is 13.0 Å². The highest BCUT2D eigenvalue weighted by molar-refractivity contribution is 6.33. The monoisotopic (exact) mass is 347 g/mol. The summed E-state index contributed by atoms with van der Waals surface area (Å²) >= 11 is 5.91. The van der Waals surface area contributed by atoms with E-state index in [4.69, 9.17) is 11.6 Å². The quantitative estimate of drug-likeness (QED) is 0.923. The maximum Gasteiger partial charge on any atom is 0.417 e. The SMILES string of the molecule is C[C@H](O)c1cn(C2CN(c3ncc(C(F)(F)F)cc3Cl)C2)nn1. The summed E-state index contributed by atoms with van der Waals surface area (Å²) in [6.45, 7) is 2.59. The Hall–Kier alpha value is -1.87. The largest absolute Gasteiger partial charge is 0.417 e. The molecule has 0 radical (unpaired) electrons. The fraction of sp³-hybridized carbons (Fsp3) is 0.462. The molecule has 3 heterocycles. The Morgan fingerprint density at radius 3 is 2.61 bits per heavy atom. The second kappa shape index (κ2) is 5.64. The minimum atomic E-state index is -4.47. The van der Waals surface area contributed by atoms with Gasteiger partial charge < -0.3 is 10.0 Å². The molecule has 1 aliphatic heterocycles. The van der Waals surface area contributed by atoms with Gasteiger partial charge in [0, 0.05) is 19.3 Å². The fourth-order valence-electron chi connectivity index (χ4n) is 2.27. The van der Waals surface area contributed by atoms with Gasteiger partial charge in [0.1, 0.15) is 11.5 Å². The summed E-state index contributed by atoms with van der Waals surface area (Å²) in [5.41, 5.74) is -0.407. The maximum atomic E-state index is 12.6. The Morgan fingerprint density at radius 1 is 1.39 bits per heavy atom. The molecule has 6 nitrogen and oxygen atoms in total. The average molecular weight is 348 g/mol. The zero-order valence-electron chi connectivity index (χ0n) is 12.0. The first kappa shape index (κ1) is 16.0.